The van der Waals surface area contributed by atoms with Gasteiger partial charge in [0.2, 0.25) is 0 Å². The predicted molar refractivity (Wildman–Crippen MR) is 98.3 cm³/mol. The van der Waals surface area contributed by atoms with Gasteiger partial charge in [-0.2, -0.15) is 5.10 Å². The molecule has 0 radical (unpaired) electrons. The molecule has 0 bridgehead atoms. The van der Waals surface area contributed by atoms with Gasteiger partial charge in [-0.1, -0.05) is 0 Å². The Morgan fingerprint density at radius 2 is 1.82 bits per heavy atom. The monoisotopic (exact) mass is 387 g/mol. The number of benzene rings is 1. The summed E-state index contributed by atoms with van der Waals surface area (Å²) < 4.78 is 22.6. The third-order valence-corrected chi connectivity index (χ3v) is 4.29. The molecule has 28 heavy (non-hydrogen) atoms. The Labute approximate surface area is 162 Å². The largest absolute Gasteiger partial charge is 0.487 e. The summed E-state index contributed by atoms with van der Waals surface area (Å²) in [6.45, 7) is 0.447. The fourth-order valence-electron chi connectivity index (χ4n) is 2.77. The van der Waals surface area contributed by atoms with E-state index in [9.17, 15) is 9.59 Å². The molecule has 0 atom stereocenters. The van der Waals surface area contributed by atoms with E-state index in [1.165, 1.54) is 14.2 Å². The lowest BCUT2D eigenvalue weighted by Crippen LogP contribution is -2.38. The molecule has 0 aliphatic carbocycles. The van der Waals surface area contributed by atoms with Crippen LogP contribution < -0.4 is 9.64 Å². The van der Waals surface area contributed by atoms with E-state index < -0.39 is 11.9 Å². The van der Waals surface area contributed by atoms with Crippen LogP contribution in [-0.2, 0) is 37.5 Å². The maximum atomic E-state index is 12.3. The Hall–Kier alpha value is -3.33. The average Bonchev–Trinajstić information content (AvgIpc) is 3.15. The summed E-state index contributed by atoms with van der Waals surface area (Å²) in [4.78, 5) is 25.9. The van der Waals surface area contributed by atoms with Gasteiger partial charge < -0.3 is 23.8 Å². The van der Waals surface area contributed by atoms with Crippen LogP contribution in [0.15, 0.2) is 47.8 Å². The lowest BCUT2D eigenvalue weighted by molar-refractivity contribution is -0.140. The fraction of sp³-hybridized carbons (Fsp3) is 0.316. The van der Waals surface area contributed by atoms with Crippen LogP contribution >= 0.6 is 0 Å². The minimum Gasteiger partial charge on any atom is -0.487 e. The van der Waals surface area contributed by atoms with E-state index in [2.05, 4.69) is 5.10 Å². The summed E-state index contributed by atoms with van der Waals surface area (Å²) in [5.74, 6) is -0.624. The van der Waals surface area contributed by atoms with Crippen LogP contribution in [0.1, 0.15) is 5.69 Å². The molecule has 9 heteroatoms. The Morgan fingerprint density at radius 1 is 1.11 bits per heavy atom. The normalized spacial score (nSPS) is 14.0. The Morgan fingerprint density at radius 3 is 2.43 bits per heavy atom. The topological polar surface area (TPSA) is 92.1 Å². The van der Waals surface area contributed by atoms with Gasteiger partial charge in [0.05, 0.1) is 32.1 Å². The molecule has 0 saturated heterocycles. The minimum atomic E-state index is -0.639. The molecule has 9 nitrogen and oxygen atoms in total. The van der Waals surface area contributed by atoms with Crippen LogP contribution in [0.2, 0.25) is 0 Å². The van der Waals surface area contributed by atoms with E-state index in [1.807, 2.05) is 13.1 Å². The zero-order chi connectivity index (χ0) is 20.1. The van der Waals surface area contributed by atoms with Crippen LogP contribution in [0, 0.1) is 0 Å². The summed E-state index contributed by atoms with van der Waals surface area (Å²) in [5, 5.41) is 4.09. The van der Waals surface area contributed by atoms with Gasteiger partial charge in [0, 0.05) is 18.9 Å². The van der Waals surface area contributed by atoms with Crippen molar-refractivity contribution in [3.63, 3.8) is 0 Å². The Kier molecular flexibility index (Phi) is 5.95. The highest BCUT2D eigenvalue weighted by Crippen LogP contribution is 2.28. The molecule has 2 aromatic rings. The zero-order valence-electron chi connectivity index (χ0n) is 15.9. The molecule has 0 spiro atoms. The number of rotatable bonds is 6. The highest BCUT2D eigenvalue weighted by atomic mass is 16.5. The second-order valence-electron chi connectivity index (χ2n) is 5.94. The summed E-state index contributed by atoms with van der Waals surface area (Å²) in [6, 6.07) is 8.96. The van der Waals surface area contributed by atoms with E-state index in [0.717, 1.165) is 5.69 Å². The van der Waals surface area contributed by atoms with Crippen LogP contribution in [0.5, 0.6) is 5.75 Å². The van der Waals surface area contributed by atoms with Crippen molar-refractivity contribution in [2.45, 2.75) is 6.61 Å². The van der Waals surface area contributed by atoms with Crippen molar-refractivity contribution < 1.29 is 28.5 Å². The zero-order valence-corrected chi connectivity index (χ0v) is 15.9. The quantitative estimate of drug-likeness (QED) is 0.687. The predicted octanol–water partition coefficient (Wildman–Crippen LogP) is 1.39. The van der Waals surface area contributed by atoms with Gasteiger partial charge in [0.15, 0.2) is 0 Å². The Balaban J connectivity index is 1.82. The maximum Gasteiger partial charge on any atom is 0.355 e. The third-order valence-electron chi connectivity index (χ3n) is 4.29. The fourth-order valence-corrected chi connectivity index (χ4v) is 2.77. The number of aromatic nitrogens is 2. The second kappa shape index (κ2) is 8.57. The number of aryl methyl sites for hydroxylation is 1. The third kappa shape index (κ3) is 3.99. The second-order valence-corrected chi connectivity index (χ2v) is 5.94. The molecule has 1 aromatic carbocycles. The number of hydrogen-bond donors (Lipinski definition) is 0. The number of anilines is 1. The molecule has 2 heterocycles. The van der Waals surface area contributed by atoms with Crippen molar-refractivity contribution in [3.8, 4) is 5.75 Å². The van der Waals surface area contributed by atoms with E-state index in [4.69, 9.17) is 18.9 Å². The highest BCUT2D eigenvalue weighted by molar-refractivity contribution is 6.03. The molecule has 1 aliphatic rings. The molecular formula is C19H21N3O6. The smallest absolute Gasteiger partial charge is 0.355 e. The van der Waals surface area contributed by atoms with Gasteiger partial charge in [0.1, 0.15) is 24.8 Å². The first-order valence-corrected chi connectivity index (χ1v) is 8.50. The summed E-state index contributed by atoms with van der Waals surface area (Å²) in [6.07, 6.45) is 1.71. The first-order chi connectivity index (χ1) is 13.5. The van der Waals surface area contributed by atoms with Crippen molar-refractivity contribution in [2.75, 3.05) is 32.5 Å². The van der Waals surface area contributed by atoms with Gasteiger partial charge in [0.25, 0.3) is 0 Å². The SMILES string of the molecule is COC(=O)C1=C(C(=O)OC)N(c2ccc(OCc3ccnn3C)cc2)COC1. The first-order valence-electron chi connectivity index (χ1n) is 8.50. The minimum absolute atomic E-state index is 0.0283. The molecule has 0 fully saturated rings. The molecule has 3 rings (SSSR count). The molecule has 0 unspecified atom stereocenters. The number of ether oxygens (including phenoxy) is 4. The van der Waals surface area contributed by atoms with Crippen LogP contribution in [0.25, 0.3) is 0 Å². The Bertz CT molecular complexity index is 887. The van der Waals surface area contributed by atoms with Gasteiger partial charge in [-0.3, -0.25) is 4.68 Å². The maximum absolute atomic E-state index is 12.3. The van der Waals surface area contributed by atoms with E-state index >= 15 is 0 Å². The lowest BCUT2D eigenvalue weighted by atomic mass is 10.1. The highest BCUT2D eigenvalue weighted by Gasteiger charge is 2.32. The number of hydrogen-bond acceptors (Lipinski definition) is 8. The summed E-state index contributed by atoms with van der Waals surface area (Å²) in [5.41, 5.74) is 1.79. The van der Waals surface area contributed by atoms with E-state index in [-0.39, 0.29) is 24.6 Å². The van der Waals surface area contributed by atoms with Gasteiger partial charge in [-0.25, -0.2) is 9.59 Å². The average molecular weight is 387 g/mol. The van der Waals surface area contributed by atoms with E-state index in [1.54, 1.807) is 40.0 Å². The standard InChI is InChI=1S/C19H21N3O6/c1-21-14(8-9-20-21)10-28-15-6-4-13(5-7-15)22-12-27-11-16(18(23)25-2)17(22)19(24)26-3/h4-9H,10-12H2,1-3H3. The number of methoxy groups -OCH3 is 2. The van der Waals surface area contributed by atoms with Crippen molar-refractivity contribution in [1.82, 2.24) is 9.78 Å². The van der Waals surface area contributed by atoms with Crippen molar-refractivity contribution in [2.24, 2.45) is 7.05 Å². The van der Waals surface area contributed by atoms with Gasteiger partial charge in [-0.15, -0.1) is 0 Å². The number of nitrogens with zero attached hydrogens (tertiary/aromatic N) is 3. The van der Waals surface area contributed by atoms with Gasteiger partial charge >= 0.3 is 11.9 Å². The summed E-state index contributed by atoms with van der Waals surface area (Å²) in [7, 11) is 4.35. The molecular weight excluding hydrogens is 366 g/mol. The van der Waals surface area contributed by atoms with Gasteiger partial charge in [-0.05, 0) is 30.3 Å². The summed E-state index contributed by atoms with van der Waals surface area (Å²) >= 11 is 0. The van der Waals surface area contributed by atoms with Crippen molar-refractivity contribution in [1.29, 1.82) is 0 Å². The number of carbonyl (C=O) groups excluding carboxylic acids is 2. The molecule has 0 amide bonds. The van der Waals surface area contributed by atoms with Crippen molar-refractivity contribution >= 4 is 17.6 Å². The van der Waals surface area contributed by atoms with E-state index in [0.29, 0.717) is 18.0 Å². The molecule has 148 valence electrons. The number of carbonyl (C=O) groups is 2. The molecule has 0 saturated carbocycles. The molecule has 1 aliphatic heterocycles. The van der Waals surface area contributed by atoms with Crippen LogP contribution in [-0.4, -0.2) is 49.3 Å². The van der Waals surface area contributed by atoms with Crippen molar-refractivity contribution in [3.05, 3.63) is 53.5 Å². The molecule has 1 aromatic heterocycles. The lowest BCUT2D eigenvalue weighted by Gasteiger charge is -2.31. The van der Waals surface area contributed by atoms with Crippen LogP contribution in [0.3, 0.4) is 0 Å². The first kappa shape index (κ1) is 19.4. The molecule has 0 N–H and O–H groups in total. The number of esters is 2. The van der Waals surface area contributed by atoms with Crippen LogP contribution in [0.4, 0.5) is 5.69 Å².